The average Bonchev–Trinajstić information content (AvgIpc) is 3.06. The van der Waals surface area contributed by atoms with Crippen molar-refractivity contribution < 1.29 is 4.79 Å². The molecule has 1 aliphatic rings. The lowest BCUT2D eigenvalue weighted by Crippen LogP contribution is -2.43. The zero-order valence-electron chi connectivity index (χ0n) is 12.2. The quantitative estimate of drug-likeness (QED) is 0.849. The van der Waals surface area contributed by atoms with Crippen LogP contribution in [0, 0.1) is 0 Å². The minimum absolute atomic E-state index is 0.0639. The number of amides is 2. The summed E-state index contributed by atoms with van der Waals surface area (Å²) in [7, 11) is 0. The van der Waals surface area contributed by atoms with Gasteiger partial charge in [-0.05, 0) is 31.9 Å². The maximum atomic E-state index is 11.7. The van der Waals surface area contributed by atoms with Gasteiger partial charge >= 0.3 is 6.03 Å². The number of rotatable bonds is 6. The van der Waals surface area contributed by atoms with E-state index in [0.717, 1.165) is 24.4 Å². The zero-order valence-corrected chi connectivity index (χ0v) is 13.8. The van der Waals surface area contributed by atoms with Gasteiger partial charge in [-0.25, -0.2) is 9.78 Å². The minimum atomic E-state index is -0.0639. The molecule has 2 amide bonds. The molecule has 1 aromatic rings. The summed E-state index contributed by atoms with van der Waals surface area (Å²) in [6.07, 6.45) is 6.22. The molecule has 0 bridgehead atoms. The summed E-state index contributed by atoms with van der Waals surface area (Å²) in [5, 5.41) is 6.98. The van der Waals surface area contributed by atoms with E-state index in [-0.39, 0.29) is 10.8 Å². The molecule has 2 heterocycles. The lowest BCUT2D eigenvalue weighted by Gasteiger charge is -2.22. The van der Waals surface area contributed by atoms with Crippen LogP contribution >= 0.6 is 23.1 Å². The van der Waals surface area contributed by atoms with Gasteiger partial charge in [0.15, 0.2) is 0 Å². The Hall–Kier alpha value is -0.750. The molecule has 2 rings (SSSR count). The Morgan fingerprint density at radius 1 is 1.50 bits per heavy atom. The van der Waals surface area contributed by atoms with E-state index in [0.29, 0.717) is 6.54 Å². The molecule has 1 aromatic heterocycles. The highest BCUT2D eigenvalue weighted by Crippen LogP contribution is 2.36. The second-order valence-corrected chi connectivity index (χ2v) is 8.22. The van der Waals surface area contributed by atoms with E-state index in [4.69, 9.17) is 0 Å². The molecule has 0 unspecified atom stereocenters. The molecule has 1 aliphatic heterocycles. The summed E-state index contributed by atoms with van der Waals surface area (Å²) in [6.45, 7) is 5.75. The number of hydrogen-bond acceptors (Lipinski definition) is 4. The van der Waals surface area contributed by atoms with Gasteiger partial charge in [-0.2, -0.15) is 11.8 Å². The minimum Gasteiger partial charge on any atom is -0.338 e. The van der Waals surface area contributed by atoms with Gasteiger partial charge < -0.3 is 10.6 Å². The molecule has 0 spiro atoms. The summed E-state index contributed by atoms with van der Waals surface area (Å²) in [5.41, 5.74) is 0. The second kappa shape index (κ2) is 7.31. The van der Waals surface area contributed by atoms with Crippen LogP contribution in [0.5, 0.6) is 0 Å². The molecule has 1 fully saturated rings. The first-order valence-corrected chi connectivity index (χ1v) is 9.01. The van der Waals surface area contributed by atoms with Crippen LogP contribution < -0.4 is 10.6 Å². The Balaban J connectivity index is 1.62. The van der Waals surface area contributed by atoms with Gasteiger partial charge in [-0.1, -0.05) is 6.92 Å². The molecular weight excluding hydrogens is 290 g/mol. The molecule has 6 heteroatoms. The number of carbonyl (C=O) groups is 1. The number of nitrogens with one attached hydrogen (secondary N) is 2. The van der Waals surface area contributed by atoms with Crippen LogP contribution in [0.25, 0.3) is 0 Å². The SMILES string of the molecule is CCc1cnc(CCNC(=O)NC[C@@]2(C)CCCS2)s1. The Bertz CT molecular complexity index is 441. The molecule has 112 valence electrons. The molecule has 1 saturated heterocycles. The second-order valence-electron chi connectivity index (χ2n) is 5.34. The molecular formula is C14H23N3OS2. The topological polar surface area (TPSA) is 54.0 Å². The maximum Gasteiger partial charge on any atom is 0.314 e. The van der Waals surface area contributed by atoms with Crippen molar-refractivity contribution in [1.29, 1.82) is 0 Å². The zero-order chi connectivity index (χ0) is 14.4. The van der Waals surface area contributed by atoms with Gasteiger partial charge in [0.25, 0.3) is 0 Å². The van der Waals surface area contributed by atoms with Crippen molar-refractivity contribution in [2.45, 2.75) is 44.3 Å². The van der Waals surface area contributed by atoms with Gasteiger partial charge in [0.1, 0.15) is 0 Å². The lowest BCUT2D eigenvalue weighted by atomic mass is 10.1. The summed E-state index contributed by atoms with van der Waals surface area (Å²) in [4.78, 5) is 17.4. The first-order valence-electron chi connectivity index (χ1n) is 7.20. The predicted octanol–water partition coefficient (Wildman–Crippen LogP) is 2.83. The van der Waals surface area contributed by atoms with Crippen LogP contribution in [0.4, 0.5) is 4.79 Å². The van der Waals surface area contributed by atoms with E-state index < -0.39 is 0 Å². The van der Waals surface area contributed by atoms with Crippen molar-refractivity contribution in [3.8, 4) is 0 Å². The van der Waals surface area contributed by atoms with Crippen molar-refractivity contribution in [2.75, 3.05) is 18.8 Å². The van der Waals surface area contributed by atoms with Crippen LogP contribution in [-0.4, -0.2) is 34.6 Å². The maximum absolute atomic E-state index is 11.7. The average molecular weight is 313 g/mol. The summed E-state index contributed by atoms with van der Waals surface area (Å²) < 4.78 is 0.225. The van der Waals surface area contributed by atoms with Gasteiger partial charge in [-0.3, -0.25) is 0 Å². The molecule has 4 nitrogen and oxygen atoms in total. The fourth-order valence-corrected chi connectivity index (χ4v) is 4.32. The highest BCUT2D eigenvalue weighted by molar-refractivity contribution is 8.00. The van der Waals surface area contributed by atoms with E-state index in [2.05, 4.69) is 29.5 Å². The van der Waals surface area contributed by atoms with Crippen LogP contribution in [0.3, 0.4) is 0 Å². The van der Waals surface area contributed by atoms with Crippen molar-refractivity contribution >= 4 is 29.1 Å². The summed E-state index contributed by atoms with van der Waals surface area (Å²) in [5.74, 6) is 1.21. The Morgan fingerprint density at radius 2 is 2.35 bits per heavy atom. The number of urea groups is 1. The molecule has 1 atom stereocenters. The fourth-order valence-electron chi connectivity index (χ4n) is 2.22. The van der Waals surface area contributed by atoms with E-state index in [1.807, 2.05) is 18.0 Å². The number of aryl methyl sites for hydroxylation is 1. The fraction of sp³-hybridized carbons (Fsp3) is 0.714. The highest BCUT2D eigenvalue weighted by atomic mass is 32.2. The third-order valence-corrected chi connectivity index (χ3v) is 6.24. The van der Waals surface area contributed by atoms with Gasteiger partial charge in [0, 0.05) is 35.3 Å². The molecule has 0 aromatic carbocycles. The van der Waals surface area contributed by atoms with Crippen LogP contribution in [0.2, 0.25) is 0 Å². The third kappa shape index (κ3) is 4.66. The van der Waals surface area contributed by atoms with E-state index in [1.54, 1.807) is 11.3 Å². The van der Waals surface area contributed by atoms with E-state index in [9.17, 15) is 4.79 Å². The molecule has 2 N–H and O–H groups in total. The van der Waals surface area contributed by atoms with E-state index >= 15 is 0 Å². The van der Waals surface area contributed by atoms with Crippen LogP contribution in [0.15, 0.2) is 6.20 Å². The third-order valence-electron chi connectivity index (χ3n) is 3.50. The van der Waals surface area contributed by atoms with Gasteiger partial charge in [-0.15, -0.1) is 11.3 Å². The van der Waals surface area contributed by atoms with Gasteiger partial charge in [0.2, 0.25) is 0 Å². The Morgan fingerprint density at radius 3 is 3.00 bits per heavy atom. The summed E-state index contributed by atoms with van der Waals surface area (Å²) >= 11 is 3.69. The molecule has 0 radical (unpaired) electrons. The molecule has 0 saturated carbocycles. The largest absolute Gasteiger partial charge is 0.338 e. The van der Waals surface area contributed by atoms with Crippen molar-refractivity contribution in [3.05, 3.63) is 16.1 Å². The van der Waals surface area contributed by atoms with Crippen LogP contribution in [0.1, 0.15) is 36.6 Å². The number of hydrogen-bond donors (Lipinski definition) is 2. The lowest BCUT2D eigenvalue weighted by molar-refractivity contribution is 0.240. The number of nitrogens with zero attached hydrogens (tertiary/aromatic N) is 1. The normalized spacial score (nSPS) is 21.9. The predicted molar refractivity (Wildman–Crippen MR) is 86.7 cm³/mol. The molecule has 0 aliphatic carbocycles. The summed E-state index contributed by atoms with van der Waals surface area (Å²) in [6, 6.07) is -0.0639. The highest BCUT2D eigenvalue weighted by Gasteiger charge is 2.29. The first-order chi connectivity index (χ1) is 9.61. The first kappa shape index (κ1) is 15.6. The van der Waals surface area contributed by atoms with Crippen molar-refractivity contribution in [3.63, 3.8) is 0 Å². The van der Waals surface area contributed by atoms with Crippen molar-refractivity contribution in [2.24, 2.45) is 0 Å². The monoisotopic (exact) mass is 313 g/mol. The van der Waals surface area contributed by atoms with Crippen molar-refractivity contribution in [1.82, 2.24) is 15.6 Å². The molecule has 20 heavy (non-hydrogen) atoms. The smallest absolute Gasteiger partial charge is 0.314 e. The van der Waals surface area contributed by atoms with Gasteiger partial charge in [0.05, 0.1) is 5.01 Å². The van der Waals surface area contributed by atoms with Crippen LogP contribution in [-0.2, 0) is 12.8 Å². The number of thiazole rings is 1. The standard InChI is InChI=1S/C14H23N3OS2/c1-3-11-9-16-12(20-11)5-7-15-13(18)17-10-14(2)6-4-8-19-14/h9H,3-8,10H2,1-2H3,(H2,15,17,18)/t14-/m1/s1. The Kier molecular flexibility index (Phi) is 5.72. The Labute approximate surface area is 129 Å². The number of carbonyl (C=O) groups excluding carboxylic acids is 1. The van der Waals surface area contributed by atoms with E-state index in [1.165, 1.54) is 23.5 Å². The number of thioether (sulfide) groups is 1. The number of aromatic nitrogens is 1.